The Morgan fingerprint density at radius 3 is 2.68 bits per heavy atom. The number of carbonyl (C=O) groups excluding carboxylic acids is 2. The summed E-state index contributed by atoms with van der Waals surface area (Å²) in [5, 5.41) is 9.55. The fourth-order valence-electron chi connectivity index (χ4n) is 3.65. The smallest absolute Gasteiger partial charge is 0.223 e. The summed E-state index contributed by atoms with van der Waals surface area (Å²) >= 11 is 0. The van der Waals surface area contributed by atoms with Crippen LogP contribution in [0.5, 0.6) is 0 Å². The van der Waals surface area contributed by atoms with E-state index in [0.717, 1.165) is 51.3 Å². The predicted molar refractivity (Wildman–Crippen MR) is 135 cm³/mol. The summed E-state index contributed by atoms with van der Waals surface area (Å²) in [6, 6.07) is 10.7. The molecule has 0 aromatic heterocycles. The lowest BCUT2D eigenvalue weighted by molar-refractivity contribution is -0.127. The molecule has 2 aliphatic rings. The lowest BCUT2D eigenvalue weighted by Gasteiger charge is -2.16. The molecule has 1 heterocycles. The van der Waals surface area contributed by atoms with E-state index >= 15 is 0 Å². The minimum Gasteiger partial charge on any atom is -0.357 e. The molecular formula is C23H36IN5O2. The van der Waals surface area contributed by atoms with Crippen molar-refractivity contribution in [3.63, 3.8) is 0 Å². The molecule has 1 atom stereocenters. The van der Waals surface area contributed by atoms with Gasteiger partial charge in [0.1, 0.15) is 0 Å². The van der Waals surface area contributed by atoms with Gasteiger partial charge >= 0.3 is 0 Å². The number of rotatable bonds is 11. The first-order valence-electron chi connectivity index (χ1n) is 11.3. The van der Waals surface area contributed by atoms with E-state index in [1.165, 1.54) is 5.56 Å². The summed E-state index contributed by atoms with van der Waals surface area (Å²) < 4.78 is 0. The zero-order chi connectivity index (χ0) is 21.2. The molecule has 1 aromatic carbocycles. The molecule has 2 amide bonds. The van der Waals surface area contributed by atoms with Gasteiger partial charge in [0.05, 0.1) is 0 Å². The van der Waals surface area contributed by atoms with Gasteiger partial charge in [0.15, 0.2) is 5.96 Å². The Morgan fingerprint density at radius 1 is 1.19 bits per heavy atom. The lowest BCUT2D eigenvalue weighted by atomic mass is 10.1. The fraction of sp³-hybridized carbons (Fsp3) is 0.609. The van der Waals surface area contributed by atoms with Crippen LogP contribution in [-0.2, 0) is 16.0 Å². The maximum absolute atomic E-state index is 12.3. The van der Waals surface area contributed by atoms with Gasteiger partial charge in [-0.05, 0) is 38.2 Å². The molecule has 7 nitrogen and oxygen atoms in total. The molecule has 3 N–H and O–H groups in total. The molecule has 31 heavy (non-hydrogen) atoms. The lowest BCUT2D eigenvalue weighted by Crippen LogP contribution is -2.38. The maximum Gasteiger partial charge on any atom is 0.223 e. The second-order valence-electron chi connectivity index (χ2n) is 8.24. The van der Waals surface area contributed by atoms with Gasteiger partial charge in [-0.1, -0.05) is 30.3 Å². The minimum atomic E-state index is 0. The van der Waals surface area contributed by atoms with Crippen LogP contribution in [0.3, 0.4) is 0 Å². The van der Waals surface area contributed by atoms with Crippen molar-refractivity contribution in [2.75, 3.05) is 32.7 Å². The van der Waals surface area contributed by atoms with Gasteiger partial charge < -0.3 is 20.9 Å². The first-order valence-corrected chi connectivity index (χ1v) is 11.3. The van der Waals surface area contributed by atoms with E-state index in [1.807, 2.05) is 30.0 Å². The topological polar surface area (TPSA) is 85.8 Å². The summed E-state index contributed by atoms with van der Waals surface area (Å²) in [5.41, 5.74) is 1.26. The normalized spacial score (nSPS) is 18.5. The SMILES string of the molecule is CCNC(=NCC1CC(=O)N(CCc2ccccc2)C1)NCCCC(=O)NC1CC1.I. The quantitative estimate of drug-likeness (QED) is 0.174. The van der Waals surface area contributed by atoms with Crippen molar-refractivity contribution < 1.29 is 9.59 Å². The van der Waals surface area contributed by atoms with Crippen molar-refractivity contribution in [3.05, 3.63) is 35.9 Å². The largest absolute Gasteiger partial charge is 0.357 e. The van der Waals surface area contributed by atoms with E-state index in [-0.39, 0.29) is 41.7 Å². The molecule has 0 spiro atoms. The fourth-order valence-corrected chi connectivity index (χ4v) is 3.65. The number of halogens is 1. The molecule has 1 saturated carbocycles. The van der Waals surface area contributed by atoms with E-state index < -0.39 is 0 Å². The van der Waals surface area contributed by atoms with Crippen molar-refractivity contribution in [1.29, 1.82) is 0 Å². The highest BCUT2D eigenvalue weighted by Gasteiger charge is 2.29. The number of aliphatic imine (C=N–C) groups is 1. The van der Waals surface area contributed by atoms with Crippen LogP contribution in [0, 0.1) is 5.92 Å². The van der Waals surface area contributed by atoms with Crippen molar-refractivity contribution >= 4 is 41.8 Å². The highest BCUT2D eigenvalue weighted by atomic mass is 127. The molecule has 1 unspecified atom stereocenters. The standard InChI is InChI=1S/C23H35N5O2.HI/c1-2-24-23(25-13-6-9-21(29)27-20-10-11-20)26-16-19-15-22(30)28(17-19)14-12-18-7-4-3-5-8-18;/h3-5,7-8,19-20H,2,6,9-17H2,1H3,(H,27,29)(H2,24,25,26);1H. The summed E-state index contributed by atoms with van der Waals surface area (Å²) in [6.07, 6.45) is 5.01. The van der Waals surface area contributed by atoms with Gasteiger partial charge in [-0.25, -0.2) is 0 Å². The van der Waals surface area contributed by atoms with Crippen LogP contribution in [0.2, 0.25) is 0 Å². The molecule has 1 aliphatic carbocycles. The van der Waals surface area contributed by atoms with Crippen molar-refractivity contribution in [3.8, 4) is 0 Å². The molecule has 3 rings (SSSR count). The first kappa shape index (κ1) is 25.4. The number of nitrogens with zero attached hydrogens (tertiary/aromatic N) is 2. The highest BCUT2D eigenvalue weighted by molar-refractivity contribution is 14.0. The van der Waals surface area contributed by atoms with E-state index in [2.05, 4.69) is 33.1 Å². The molecule has 1 aromatic rings. The molecule has 2 fully saturated rings. The molecule has 0 bridgehead atoms. The van der Waals surface area contributed by atoms with Crippen molar-refractivity contribution in [1.82, 2.24) is 20.9 Å². The Balaban J connectivity index is 0.00000341. The number of hydrogen-bond acceptors (Lipinski definition) is 3. The summed E-state index contributed by atoms with van der Waals surface area (Å²) in [6.45, 7) is 5.69. The molecule has 1 saturated heterocycles. The van der Waals surface area contributed by atoms with Crippen LogP contribution >= 0.6 is 24.0 Å². The van der Waals surface area contributed by atoms with Gasteiger partial charge in [0.25, 0.3) is 0 Å². The van der Waals surface area contributed by atoms with Crippen LogP contribution in [0.1, 0.15) is 44.6 Å². The number of benzene rings is 1. The van der Waals surface area contributed by atoms with E-state index in [4.69, 9.17) is 0 Å². The van der Waals surface area contributed by atoms with E-state index in [9.17, 15) is 9.59 Å². The Labute approximate surface area is 202 Å². The second-order valence-corrected chi connectivity index (χ2v) is 8.24. The van der Waals surface area contributed by atoms with E-state index in [0.29, 0.717) is 32.0 Å². The number of carbonyl (C=O) groups is 2. The maximum atomic E-state index is 12.3. The third-order valence-corrected chi connectivity index (χ3v) is 5.48. The first-order chi connectivity index (χ1) is 14.6. The average molecular weight is 541 g/mol. The molecular weight excluding hydrogens is 505 g/mol. The van der Waals surface area contributed by atoms with Crippen LogP contribution < -0.4 is 16.0 Å². The van der Waals surface area contributed by atoms with Gasteiger partial charge in [-0.15, -0.1) is 24.0 Å². The summed E-state index contributed by atoms with van der Waals surface area (Å²) in [7, 11) is 0. The van der Waals surface area contributed by atoms with Crippen LogP contribution in [0.25, 0.3) is 0 Å². The van der Waals surface area contributed by atoms with Crippen LogP contribution in [0.15, 0.2) is 35.3 Å². The Hall–Kier alpha value is -1.84. The number of nitrogens with one attached hydrogen (secondary N) is 3. The number of guanidine groups is 1. The Morgan fingerprint density at radius 2 is 1.97 bits per heavy atom. The molecule has 1 aliphatic heterocycles. The third-order valence-electron chi connectivity index (χ3n) is 5.48. The van der Waals surface area contributed by atoms with Gasteiger partial charge in [0, 0.05) is 57.5 Å². The predicted octanol–water partition coefficient (Wildman–Crippen LogP) is 2.31. The monoisotopic (exact) mass is 541 g/mol. The Bertz CT molecular complexity index is 724. The molecule has 172 valence electrons. The van der Waals surface area contributed by atoms with Crippen LogP contribution in [-0.4, -0.2) is 61.4 Å². The van der Waals surface area contributed by atoms with Crippen LogP contribution in [0.4, 0.5) is 0 Å². The third kappa shape index (κ3) is 9.45. The minimum absolute atomic E-state index is 0. The molecule has 8 heteroatoms. The Kier molecular flexibility index (Phi) is 11.1. The van der Waals surface area contributed by atoms with Crippen molar-refractivity contribution in [2.24, 2.45) is 10.9 Å². The van der Waals surface area contributed by atoms with Crippen molar-refractivity contribution in [2.45, 2.75) is 51.5 Å². The van der Waals surface area contributed by atoms with Gasteiger partial charge in [-0.2, -0.15) is 0 Å². The second kappa shape index (κ2) is 13.5. The zero-order valence-electron chi connectivity index (χ0n) is 18.4. The average Bonchev–Trinajstić information content (AvgIpc) is 3.49. The summed E-state index contributed by atoms with van der Waals surface area (Å²) in [5.74, 6) is 1.38. The summed E-state index contributed by atoms with van der Waals surface area (Å²) in [4.78, 5) is 30.7. The van der Waals surface area contributed by atoms with Gasteiger partial charge in [0.2, 0.25) is 11.8 Å². The number of hydrogen-bond donors (Lipinski definition) is 3. The zero-order valence-corrected chi connectivity index (χ0v) is 20.8. The molecule has 0 radical (unpaired) electrons. The van der Waals surface area contributed by atoms with Gasteiger partial charge in [-0.3, -0.25) is 14.6 Å². The number of amides is 2. The van der Waals surface area contributed by atoms with E-state index in [1.54, 1.807) is 0 Å². The highest BCUT2D eigenvalue weighted by Crippen LogP contribution is 2.19. The number of likely N-dealkylation sites (tertiary alicyclic amines) is 1.